The van der Waals surface area contributed by atoms with Crippen LogP contribution in [0.1, 0.15) is 51.4 Å². The first-order chi connectivity index (χ1) is 8.68. The third-order valence-electron chi connectivity index (χ3n) is 3.86. The van der Waals surface area contributed by atoms with Crippen molar-refractivity contribution in [2.75, 3.05) is 19.8 Å². The van der Waals surface area contributed by atoms with Gasteiger partial charge in [0.1, 0.15) is 0 Å². The number of carbonyl (C=O) groups is 1. The van der Waals surface area contributed by atoms with Crippen molar-refractivity contribution in [1.82, 2.24) is 5.32 Å². The van der Waals surface area contributed by atoms with Crippen LogP contribution < -0.4 is 5.32 Å². The number of carbonyl (C=O) groups excluding carboxylic acids is 1. The molecule has 0 aromatic carbocycles. The summed E-state index contributed by atoms with van der Waals surface area (Å²) in [5, 5.41) is 12.9. The Balaban J connectivity index is 1.46. The first-order valence-corrected chi connectivity index (χ1v) is 7.25. The van der Waals surface area contributed by atoms with Gasteiger partial charge in [0.05, 0.1) is 12.0 Å². The molecule has 2 fully saturated rings. The summed E-state index contributed by atoms with van der Waals surface area (Å²) in [6.07, 6.45) is 7.37. The highest BCUT2D eigenvalue weighted by atomic mass is 16.5. The van der Waals surface area contributed by atoms with Crippen molar-refractivity contribution in [2.45, 2.75) is 57.0 Å². The Morgan fingerprint density at radius 2 is 2.06 bits per heavy atom. The van der Waals surface area contributed by atoms with Crippen LogP contribution in [-0.4, -0.2) is 36.4 Å². The molecule has 4 nitrogen and oxygen atoms in total. The highest BCUT2D eigenvalue weighted by molar-refractivity contribution is 5.77. The summed E-state index contributed by atoms with van der Waals surface area (Å²) in [6, 6.07) is 0. The van der Waals surface area contributed by atoms with Crippen LogP contribution in [0.3, 0.4) is 0 Å². The summed E-state index contributed by atoms with van der Waals surface area (Å²) in [4.78, 5) is 11.6. The number of rotatable bonds is 8. The Morgan fingerprint density at radius 3 is 2.72 bits per heavy atom. The van der Waals surface area contributed by atoms with Crippen molar-refractivity contribution in [1.29, 1.82) is 0 Å². The number of hydrogen-bond acceptors (Lipinski definition) is 3. The van der Waals surface area contributed by atoms with E-state index in [2.05, 4.69) is 5.32 Å². The van der Waals surface area contributed by atoms with Crippen LogP contribution in [0.25, 0.3) is 0 Å². The minimum atomic E-state index is -0.730. The van der Waals surface area contributed by atoms with Gasteiger partial charge in [0, 0.05) is 19.8 Å². The lowest BCUT2D eigenvalue weighted by molar-refractivity contribution is -0.125. The van der Waals surface area contributed by atoms with Crippen LogP contribution in [0, 0.1) is 5.92 Å². The smallest absolute Gasteiger partial charge is 0.222 e. The molecule has 2 rings (SSSR count). The summed E-state index contributed by atoms with van der Waals surface area (Å²) < 4.78 is 5.49. The molecule has 0 unspecified atom stereocenters. The van der Waals surface area contributed by atoms with Crippen LogP contribution in [0.15, 0.2) is 0 Å². The van der Waals surface area contributed by atoms with E-state index in [4.69, 9.17) is 4.74 Å². The highest BCUT2D eigenvalue weighted by Crippen LogP contribution is 2.32. The Bertz CT molecular complexity index is 270. The van der Waals surface area contributed by atoms with Crippen molar-refractivity contribution in [3.8, 4) is 0 Å². The molecule has 2 saturated carbocycles. The zero-order valence-corrected chi connectivity index (χ0v) is 11.1. The van der Waals surface area contributed by atoms with E-state index in [1.54, 1.807) is 0 Å². The van der Waals surface area contributed by atoms with Gasteiger partial charge in [0.2, 0.25) is 5.91 Å². The van der Waals surface area contributed by atoms with Gasteiger partial charge in [-0.2, -0.15) is 0 Å². The van der Waals surface area contributed by atoms with Gasteiger partial charge < -0.3 is 15.2 Å². The van der Waals surface area contributed by atoms with Crippen LogP contribution in [0.2, 0.25) is 0 Å². The summed E-state index contributed by atoms with van der Waals surface area (Å²) in [7, 11) is 0. The van der Waals surface area contributed by atoms with Crippen molar-refractivity contribution in [2.24, 2.45) is 5.92 Å². The van der Waals surface area contributed by atoms with E-state index in [0.717, 1.165) is 51.2 Å². The van der Waals surface area contributed by atoms with E-state index in [0.29, 0.717) is 6.54 Å². The highest BCUT2D eigenvalue weighted by Gasteiger charge is 2.33. The molecular weight excluding hydrogens is 230 g/mol. The maximum atomic E-state index is 11.6. The molecule has 0 bridgehead atoms. The fourth-order valence-electron chi connectivity index (χ4n) is 2.51. The van der Waals surface area contributed by atoms with Gasteiger partial charge in [-0.15, -0.1) is 0 Å². The number of amides is 1. The number of nitrogens with one attached hydrogen (secondary N) is 1. The topological polar surface area (TPSA) is 58.6 Å². The minimum absolute atomic E-state index is 0.0263. The van der Waals surface area contributed by atoms with Crippen molar-refractivity contribution >= 4 is 5.91 Å². The first-order valence-electron chi connectivity index (χ1n) is 7.25. The van der Waals surface area contributed by atoms with Crippen LogP contribution in [-0.2, 0) is 9.53 Å². The molecule has 0 heterocycles. The molecule has 0 spiro atoms. The average Bonchev–Trinajstić information content (AvgIpc) is 3.05. The maximum absolute atomic E-state index is 11.6. The number of aliphatic hydroxyl groups is 1. The molecule has 0 aromatic rings. The molecule has 0 aromatic heterocycles. The van der Waals surface area contributed by atoms with E-state index in [9.17, 15) is 9.90 Å². The minimum Gasteiger partial charge on any atom is -0.389 e. The largest absolute Gasteiger partial charge is 0.389 e. The van der Waals surface area contributed by atoms with Crippen LogP contribution >= 0.6 is 0 Å². The normalized spacial score (nSPS) is 22.1. The molecule has 0 radical (unpaired) electrons. The summed E-state index contributed by atoms with van der Waals surface area (Å²) in [5.41, 5.74) is -0.730. The van der Waals surface area contributed by atoms with Crippen molar-refractivity contribution < 1.29 is 14.6 Å². The molecule has 2 aliphatic carbocycles. The van der Waals surface area contributed by atoms with Gasteiger partial charge in [-0.1, -0.05) is 12.8 Å². The van der Waals surface area contributed by atoms with Crippen molar-refractivity contribution in [3.05, 3.63) is 0 Å². The fourth-order valence-corrected chi connectivity index (χ4v) is 2.51. The number of hydrogen-bond donors (Lipinski definition) is 2. The molecule has 2 N–H and O–H groups in total. The molecule has 104 valence electrons. The van der Waals surface area contributed by atoms with Crippen LogP contribution in [0.4, 0.5) is 0 Å². The molecule has 0 aliphatic heterocycles. The molecular formula is C14H25NO3. The SMILES string of the molecule is O=C(CC1(O)CCCC1)NCCCOCC1CC1. The quantitative estimate of drug-likeness (QED) is 0.648. The van der Waals surface area contributed by atoms with E-state index in [-0.39, 0.29) is 12.3 Å². The second-order valence-corrected chi connectivity index (χ2v) is 5.83. The molecule has 0 atom stereocenters. The van der Waals surface area contributed by atoms with E-state index < -0.39 is 5.60 Å². The number of ether oxygens (including phenoxy) is 1. The standard InChI is InChI=1S/C14H25NO3/c16-13(10-14(17)6-1-2-7-14)15-8-3-9-18-11-12-4-5-12/h12,17H,1-11H2,(H,15,16). The van der Waals surface area contributed by atoms with Gasteiger partial charge in [0.15, 0.2) is 0 Å². The second-order valence-electron chi connectivity index (χ2n) is 5.83. The van der Waals surface area contributed by atoms with E-state index in [1.807, 2.05) is 0 Å². The average molecular weight is 255 g/mol. The fraction of sp³-hybridized carbons (Fsp3) is 0.929. The Labute approximate surface area is 109 Å². The predicted octanol–water partition coefficient (Wildman–Crippen LogP) is 1.61. The Hall–Kier alpha value is -0.610. The molecule has 2 aliphatic rings. The third-order valence-corrected chi connectivity index (χ3v) is 3.86. The summed E-state index contributed by atoms with van der Waals surface area (Å²) in [6.45, 7) is 2.26. The lowest BCUT2D eigenvalue weighted by Crippen LogP contribution is -2.35. The molecule has 18 heavy (non-hydrogen) atoms. The second kappa shape index (κ2) is 6.53. The lowest BCUT2D eigenvalue weighted by atomic mass is 9.98. The summed E-state index contributed by atoms with van der Waals surface area (Å²) >= 11 is 0. The third kappa shape index (κ3) is 4.94. The van der Waals surface area contributed by atoms with Gasteiger partial charge in [0.25, 0.3) is 0 Å². The monoisotopic (exact) mass is 255 g/mol. The van der Waals surface area contributed by atoms with Gasteiger partial charge >= 0.3 is 0 Å². The summed E-state index contributed by atoms with van der Waals surface area (Å²) in [5.74, 6) is 0.776. The van der Waals surface area contributed by atoms with Gasteiger partial charge in [-0.3, -0.25) is 4.79 Å². The molecule has 1 amide bonds. The van der Waals surface area contributed by atoms with Crippen LogP contribution in [0.5, 0.6) is 0 Å². The van der Waals surface area contributed by atoms with E-state index >= 15 is 0 Å². The maximum Gasteiger partial charge on any atom is 0.222 e. The first kappa shape index (κ1) is 13.8. The Morgan fingerprint density at radius 1 is 1.33 bits per heavy atom. The Kier molecular flexibility index (Phi) is 5.01. The zero-order valence-electron chi connectivity index (χ0n) is 11.1. The lowest BCUT2D eigenvalue weighted by Gasteiger charge is -2.21. The molecule has 4 heteroatoms. The van der Waals surface area contributed by atoms with Gasteiger partial charge in [-0.05, 0) is 38.0 Å². The van der Waals surface area contributed by atoms with Crippen molar-refractivity contribution in [3.63, 3.8) is 0 Å². The predicted molar refractivity (Wildman–Crippen MR) is 69.2 cm³/mol. The molecule has 0 saturated heterocycles. The van der Waals surface area contributed by atoms with Gasteiger partial charge in [-0.25, -0.2) is 0 Å². The van der Waals surface area contributed by atoms with E-state index in [1.165, 1.54) is 12.8 Å². The zero-order chi connectivity index (χ0) is 12.8.